The van der Waals surface area contributed by atoms with Gasteiger partial charge in [-0.05, 0) is 43.2 Å². The quantitative estimate of drug-likeness (QED) is 0.729. The third-order valence-corrected chi connectivity index (χ3v) is 4.24. The van der Waals surface area contributed by atoms with Crippen LogP contribution in [0.1, 0.15) is 11.1 Å². The van der Waals surface area contributed by atoms with Crippen molar-refractivity contribution >= 4 is 23.4 Å². The molecule has 0 aromatic heterocycles. The Balaban J connectivity index is 1.73. The molecule has 7 nitrogen and oxygen atoms in total. The Morgan fingerprint density at radius 2 is 1.68 bits per heavy atom. The first-order chi connectivity index (χ1) is 13.4. The number of aryl methyl sites for hydroxylation is 1. The van der Waals surface area contributed by atoms with Crippen molar-refractivity contribution in [3.8, 4) is 5.75 Å². The Kier molecular flexibility index (Phi) is 7.56. The number of ether oxygens (including phenoxy) is 1. The van der Waals surface area contributed by atoms with Crippen LogP contribution in [0.2, 0.25) is 0 Å². The lowest BCUT2D eigenvalue weighted by Gasteiger charge is -2.18. The number of likely N-dealkylation sites (N-methyl/N-ethyl adjacent to an activating group) is 1. The second-order valence-electron chi connectivity index (χ2n) is 6.42. The number of carbonyl (C=O) groups is 3. The smallest absolute Gasteiger partial charge is 0.258 e. The molecule has 2 rings (SSSR count). The van der Waals surface area contributed by atoms with Crippen molar-refractivity contribution in [1.29, 1.82) is 0 Å². The van der Waals surface area contributed by atoms with E-state index in [1.165, 1.54) is 11.9 Å². The largest absolute Gasteiger partial charge is 0.484 e. The second kappa shape index (κ2) is 10.1. The zero-order valence-corrected chi connectivity index (χ0v) is 16.3. The van der Waals surface area contributed by atoms with Crippen LogP contribution >= 0.6 is 0 Å². The summed E-state index contributed by atoms with van der Waals surface area (Å²) in [4.78, 5) is 37.3. The van der Waals surface area contributed by atoms with E-state index < -0.39 is 5.91 Å². The molecule has 0 aliphatic rings. The number of benzene rings is 2. The van der Waals surface area contributed by atoms with Crippen LogP contribution in [0.3, 0.4) is 0 Å². The fourth-order valence-electron chi connectivity index (χ4n) is 2.41. The molecule has 0 bridgehead atoms. The van der Waals surface area contributed by atoms with Crippen LogP contribution in [-0.4, -0.2) is 49.4 Å². The summed E-state index contributed by atoms with van der Waals surface area (Å²) in [6.45, 7) is 3.39. The summed E-state index contributed by atoms with van der Waals surface area (Å²) in [5, 5.41) is 5.29. The molecular formula is C21H25N3O4. The van der Waals surface area contributed by atoms with Crippen LogP contribution in [0.25, 0.3) is 0 Å². The van der Waals surface area contributed by atoms with Crippen molar-refractivity contribution in [3.05, 3.63) is 59.7 Å². The summed E-state index contributed by atoms with van der Waals surface area (Å²) in [7, 11) is 1.51. The Morgan fingerprint density at radius 3 is 2.39 bits per heavy atom. The van der Waals surface area contributed by atoms with Gasteiger partial charge in [0, 0.05) is 12.7 Å². The number of rotatable bonds is 8. The molecule has 28 heavy (non-hydrogen) atoms. The van der Waals surface area contributed by atoms with Gasteiger partial charge in [0.05, 0.1) is 13.1 Å². The van der Waals surface area contributed by atoms with Crippen LogP contribution in [0, 0.1) is 13.8 Å². The predicted octanol–water partition coefficient (Wildman–Crippen LogP) is 1.90. The molecule has 7 heteroatoms. The van der Waals surface area contributed by atoms with Gasteiger partial charge in [0.15, 0.2) is 6.61 Å². The van der Waals surface area contributed by atoms with Crippen LogP contribution in [0.5, 0.6) is 5.75 Å². The first-order valence-corrected chi connectivity index (χ1v) is 8.91. The molecule has 148 valence electrons. The third-order valence-electron chi connectivity index (χ3n) is 4.24. The number of amides is 3. The Bertz CT molecular complexity index is 837. The molecule has 0 saturated heterocycles. The average Bonchev–Trinajstić information content (AvgIpc) is 2.68. The number of anilines is 1. The highest BCUT2D eigenvalue weighted by atomic mass is 16.5. The molecule has 0 unspecified atom stereocenters. The van der Waals surface area contributed by atoms with Crippen molar-refractivity contribution in [2.75, 3.05) is 32.1 Å². The third kappa shape index (κ3) is 6.42. The highest BCUT2D eigenvalue weighted by Gasteiger charge is 2.15. The molecule has 0 fully saturated rings. The standard InChI is InChI=1S/C21H25N3O4/c1-15-8-7-11-18(16(15)2)23-19(25)13-24(3)21(27)12-22-20(26)14-28-17-9-5-4-6-10-17/h4-11H,12-14H2,1-3H3,(H,22,26)(H,23,25). The van der Waals surface area contributed by atoms with Crippen molar-refractivity contribution in [1.82, 2.24) is 10.2 Å². The topological polar surface area (TPSA) is 87.7 Å². The van der Waals surface area contributed by atoms with E-state index in [0.29, 0.717) is 5.75 Å². The average molecular weight is 383 g/mol. The normalized spacial score (nSPS) is 10.1. The van der Waals surface area contributed by atoms with E-state index in [4.69, 9.17) is 4.74 Å². The van der Waals surface area contributed by atoms with Gasteiger partial charge in [0.25, 0.3) is 5.91 Å². The minimum Gasteiger partial charge on any atom is -0.484 e. The van der Waals surface area contributed by atoms with Gasteiger partial charge in [-0.1, -0.05) is 30.3 Å². The second-order valence-corrected chi connectivity index (χ2v) is 6.42. The van der Waals surface area contributed by atoms with Crippen molar-refractivity contribution < 1.29 is 19.1 Å². The first kappa shape index (κ1) is 21.0. The summed E-state index contributed by atoms with van der Waals surface area (Å²) in [6.07, 6.45) is 0. The minimum absolute atomic E-state index is 0.109. The fourth-order valence-corrected chi connectivity index (χ4v) is 2.41. The van der Waals surface area contributed by atoms with Crippen LogP contribution in [0.15, 0.2) is 48.5 Å². The Morgan fingerprint density at radius 1 is 0.964 bits per heavy atom. The fraction of sp³-hybridized carbons (Fsp3) is 0.286. The molecule has 0 spiro atoms. The molecule has 0 aliphatic heterocycles. The van der Waals surface area contributed by atoms with E-state index >= 15 is 0 Å². The molecule has 2 aromatic rings. The minimum atomic E-state index is -0.412. The molecule has 0 atom stereocenters. The number of hydrogen-bond donors (Lipinski definition) is 2. The van der Waals surface area contributed by atoms with Crippen LogP contribution < -0.4 is 15.4 Å². The van der Waals surface area contributed by atoms with Crippen molar-refractivity contribution in [3.63, 3.8) is 0 Å². The van der Waals surface area contributed by atoms with Gasteiger partial charge in [0.2, 0.25) is 11.8 Å². The van der Waals surface area contributed by atoms with E-state index in [1.54, 1.807) is 24.3 Å². The number of nitrogens with zero attached hydrogens (tertiary/aromatic N) is 1. The van der Waals surface area contributed by atoms with Crippen molar-refractivity contribution in [2.24, 2.45) is 0 Å². The highest BCUT2D eigenvalue weighted by molar-refractivity contribution is 5.95. The Labute approximate surface area is 164 Å². The van der Waals surface area contributed by atoms with Gasteiger partial charge in [-0.15, -0.1) is 0 Å². The van der Waals surface area contributed by atoms with E-state index in [1.807, 2.05) is 38.1 Å². The maximum atomic E-state index is 12.2. The number of nitrogens with one attached hydrogen (secondary N) is 2. The van der Waals surface area contributed by atoms with E-state index in [0.717, 1.165) is 16.8 Å². The summed E-state index contributed by atoms with van der Waals surface area (Å²) in [5.41, 5.74) is 2.77. The monoisotopic (exact) mass is 383 g/mol. The molecule has 2 N–H and O–H groups in total. The molecule has 0 saturated carbocycles. The van der Waals surface area contributed by atoms with Gasteiger partial charge in [-0.3, -0.25) is 14.4 Å². The summed E-state index contributed by atoms with van der Waals surface area (Å²) >= 11 is 0. The van der Waals surface area contributed by atoms with Gasteiger partial charge in [0.1, 0.15) is 5.75 Å². The van der Waals surface area contributed by atoms with E-state index in [2.05, 4.69) is 10.6 Å². The SMILES string of the molecule is Cc1cccc(NC(=O)CN(C)C(=O)CNC(=O)COc2ccccc2)c1C. The zero-order chi connectivity index (χ0) is 20.5. The number of carbonyl (C=O) groups excluding carboxylic acids is 3. The summed E-state index contributed by atoms with van der Waals surface area (Å²) in [6, 6.07) is 14.6. The number of hydrogen-bond acceptors (Lipinski definition) is 4. The van der Waals surface area contributed by atoms with E-state index in [9.17, 15) is 14.4 Å². The van der Waals surface area contributed by atoms with Crippen LogP contribution in [-0.2, 0) is 14.4 Å². The maximum absolute atomic E-state index is 12.2. The van der Waals surface area contributed by atoms with Crippen LogP contribution in [0.4, 0.5) is 5.69 Å². The summed E-state index contributed by atoms with van der Waals surface area (Å²) < 4.78 is 5.31. The molecule has 0 heterocycles. The summed E-state index contributed by atoms with van der Waals surface area (Å²) in [5.74, 6) is -0.512. The van der Waals surface area contributed by atoms with Gasteiger partial charge < -0.3 is 20.3 Å². The lowest BCUT2D eigenvalue weighted by Crippen LogP contribution is -2.42. The molecule has 3 amide bonds. The van der Waals surface area contributed by atoms with Gasteiger partial charge >= 0.3 is 0 Å². The molecular weight excluding hydrogens is 358 g/mol. The molecule has 0 aliphatic carbocycles. The Hall–Kier alpha value is -3.35. The lowest BCUT2D eigenvalue weighted by molar-refractivity contribution is -0.134. The molecule has 2 aromatic carbocycles. The molecule has 0 radical (unpaired) electrons. The van der Waals surface area contributed by atoms with Gasteiger partial charge in [-0.2, -0.15) is 0 Å². The highest BCUT2D eigenvalue weighted by Crippen LogP contribution is 2.17. The van der Waals surface area contributed by atoms with Crippen molar-refractivity contribution in [2.45, 2.75) is 13.8 Å². The first-order valence-electron chi connectivity index (χ1n) is 8.91. The van der Waals surface area contributed by atoms with E-state index in [-0.39, 0.29) is 31.5 Å². The lowest BCUT2D eigenvalue weighted by atomic mass is 10.1. The maximum Gasteiger partial charge on any atom is 0.258 e. The van der Waals surface area contributed by atoms with Gasteiger partial charge in [-0.25, -0.2) is 0 Å². The number of para-hydroxylation sites is 1. The zero-order valence-electron chi connectivity index (χ0n) is 16.3. The predicted molar refractivity (Wildman–Crippen MR) is 107 cm³/mol.